The number of ketones is 1. The third-order valence-electron chi connectivity index (χ3n) is 2.79. The normalized spacial score (nSPS) is 10.7. The molecule has 2 aromatic rings. The zero-order chi connectivity index (χ0) is 14.0. The number of Topliss-reactive ketones (excluding diaryl/α,β-unsaturated/α-hetero) is 1. The Kier molecular flexibility index (Phi) is 4.37. The summed E-state index contributed by atoms with van der Waals surface area (Å²) < 4.78 is 4.97. The van der Waals surface area contributed by atoms with Gasteiger partial charge in [0.25, 0.3) is 0 Å². The van der Waals surface area contributed by atoms with Gasteiger partial charge in [-0.25, -0.2) is 4.98 Å². The van der Waals surface area contributed by atoms with Crippen LogP contribution in [0.25, 0.3) is 0 Å². The van der Waals surface area contributed by atoms with Gasteiger partial charge in [-0.1, -0.05) is 29.5 Å². The lowest BCUT2D eigenvalue weighted by molar-refractivity contribution is 0.102. The first-order valence-electron chi connectivity index (χ1n) is 6.01. The fraction of sp³-hybridized carbons (Fsp3) is 0.357. The Labute approximate surface area is 121 Å². The van der Waals surface area contributed by atoms with Gasteiger partial charge in [-0.2, -0.15) is 4.37 Å². The molecular formula is C14H16N2OS2. The molecule has 19 heavy (non-hydrogen) atoms. The van der Waals surface area contributed by atoms with Crippen molar-refractivity contribution in [1.29, 1.82) is 0 Å². The van der Waals surface area contributed by atoms with E-state index < -0.39 is 0 Å². The summed E-state index contributed by atoms with van der Waals surface area (Å²) in [6, 6.07) is 4.11. The molecule has 0 saturated carbocycles. The second kappa shape index (κ2) is 5.84. The molecule has 1 aromatic carbocycles. The van der Waals surface area contributed by atoms with Gasteiger partial charge < -0.3 is 0 Å². The molecule has 0 bridgehead atoms. The molecule has 0 saturated heterocycles. The lowest BCUT2D eigenvalue weighted by Crippen LogP contribution is -2.07. The molecular weight excluding hydrogens is 276 g/mol. The van der Waals surface area contributed by atoms with Crippen LogP contribution in [0.2, 0.25) is 0 Å². The minimum Gasteiger partial charge on any atom is -0.293 e. The van der Waals surface area contributed by atoms with Gasteiger partial charge in [0, 0.05) is 5.56 Å². The second-order valence-electron chi connectivity index (χ2n) is 4.59. The Morgan fingerprint density at radius 1 is 1.21 bits per heavy atom. The summed E-state index contributed by atoms with van der Waals surface area (Å²) in [5.41, 5.74) is 4.14. The Morgan fingerprint density at radius 3 is 2.37 bits per heavy atom. The summed E-state index contributed by atoms with van der Waals surface area (Å²) in [4.78, 5) is 16.6. The Morgan fingerprint density at radius 2 is 1.84 bits per heavy atom. The summed E-state index contributed by atoms with van der Waals surface area (Å²) in [7, 11) is 0. The molecule has 0 fully saturated rings. The van der Waals surface area contributed by atoms with Crippen LogP contribution in [-0.4, -0.2) is 20.9 Å². The molecule has 0 aliphatic carbocycles. The summed E-state index contributed by atoms with van der Waals surface area (Å²) in [5, 5.41) is 0. The predicted octanol–water partition coefficient (Wildman–Crippen LogP) is 3.75. The van der Waals surface area contributed by atoms with Crippen LogP contribution < -0.4 is 0 Å². The Hall–Kier alpha value is -1.20. The lowest BCUT2D eigenvalue weighted by atomic mass is 9.97. The molecule has 0 N–H and O–H groups in total. The van der Waals surface area contributed by atoms with Gasteiger partial charge in [-0.3, -0.25) is 4.79 Å². The van der Waals surface area contributed by atoms with E-state index >= 15 is 0 Å². The fourth-order valence-electron chi connectivity index (χ4n) is 2.16. The van der Waals surface area contributed by atoms with Crippen molar-refractivity contribution < 1.29 is 4.79 Å². The molecule has 2 rings (SSSR count). The monoisotopic (exact) mass is 292 g/mol. The van der Waals surface area contributed by atoms with Crippen molar-refractivity contribution in [2.24, 2.45) is 0 Å². The zero-order valence-corrected chi connectivity index (χ0v) is 13.1. The minimum atomic E-state index is 0.160. The van der Waals surface area contributed by atoms with Gasteiger partial charge in [0.2, 0.25) is 0 Å². The zero-order valence-electron chi connectivity index (χ0n) is 11.5. The molecule has 0 atom stereocenters. The summed E-state index contributed by atoms with van der Waals surface area (Å²) in [5.74, 6) is 1.34. The van der Waals surface area contributed by atoms with Gasteiger partial charge in [-0.15, -0.1) is 0 Å². The number of nitrogens with zero attached hydrogens (tertiary/aromatic N) is 2. The molecule has 1 heterocycles. The largest absolute Gasteiger partial charge is 0.293 e. The van der Waals surface area contributed by atoms with E-state index in [0.717, 1.165) is 26.9 Å². The van der Waals surface area contributed by atoms with Crippen LogP contribution in [-0.2, 0) is 0 Å². The number of aryl methyl sites for hydroxylation is 4. The molecule has 0 aliphatic heterocycles. The third kappa shape index (κ3) is 3.42. The van der Waals surface area contributed by atoms with Crippen molar-refractivity contribution in [2.45, 2.75) is 32.0 Å². The summed E-state index contributed by atoms with van der Waals surface area (Å²) >= 11 is 2.81. The van der Waals surface area contributed by atoms with E-state index in [0.29, 0.717) is 5.75 Å². The molecule has 0 unspecified atom stereocenters. The van der Waals surface area contributed by atoms with Crippen LogP contribution in [0.4, 0.5) is 0 Å². The number of hydrogen-bond acceptors (Lipinski definition) is 5. The van der Waals surface area contributed by atoms with Crippen LogP contribution in [0.15, 0.2) is 16.5 Å². The maximum atomic E-state index is 12.3. The van der Waals surface area contributed by atoms with Crippen LogP contribution in [0, 0.1) is 27.7 Å². The van der Waals surface area contributed by atoms with Gasteiger partial charge in [0.05, 0.1) is 5.75 Å². The number of thioether (sulfide) groups is 1. The number of aromatic nitrogens is 2. The smallest absolute Gasteiger partial charge is 0.173 e. The molecule has 3 nitrogen and oxygen atoms in total. The van der Waals surface area contributed by atoms with E-state index in [4.69, 9.17) is 0 Å². The Balaban J connectivity index is 2.12. The standard InChI is InChI=1S/C14H16N2OS2/c1-8-5-9(2)13(10(3)6-8)12(17)7-18-14-15-11(4)16-19-14/h5-6H,7H2,1-4H3. The first-order valence-corrected chi connectivity index (χ1v) is 7.77. The second-order valence-corrected chi connectivity index (χ2v) is 6.57. The van der Waals surface area contributed by atoms with E-state index in [1.165, 1.54) is 28.9 Å². The highest BCUT2D eigenvalue weighted by Crippen LogP contribution is 2.23. The van der Waals surface area contributed by atoms with Crippen LogP contribution >= 0.6 is 23.3 Å². The molecule has 0 radical (unpaired) electrons. The number of carbonyl (C=O) groups is 1. The lowest BCUT2D eigenvalue weighted by Gasteiger charge is -2.09. The average molecular weight is 292 g/mol. The third-order valence-corrected chi connectivity index (χ3v) is 4.72. The van der Waals surface area contributed by atoms with Gasteiger partial charge in [0.15, 0.2) is 10.1 Å². The molecule has 0 amide bonds. The SMILES string of the molecule is Cc1cc(C)c(C(=O)CSc2nc(C)ns2)c(C)c1. The Bertz CT molecular complexity index is 597. The van der Waals surface area contributed by atoms with Crippen molar-refractivity contribution in [3.05, 3.63) is 40.2 Å². The van der Waals surface area contributed by atoms with Crippen molar-refractivity contribution in [2.75, 3.05) is 5.75 Å². The molecule has 100 valence electrons. The maximum absolute atomic E-state index is 12.3. The van der Waals surface area contributed by atoms with Gasteiger partial charge >= 0.3 is 0 Å². The van der Waals surface area contributed by atoms with Crippen LogP contribution in [0.1, 0.15) is 32.9 Å². The van der Waals surface area contributed by atoms with E-state index in [1.807, 2.05) is 27.7 Å². The topological polar surface area (TPSA) is 42.9 Å². The highest BCUT2D eigenvalue weighted by atomic mass is 32.2. The first kappa shape index (κ1) is 14.2. The van der Waals surface area contributed by atoms with Crippen LogP contribution in [0.3, 0.4) is 0 Å². The molecule has 5 heteroatoms. The minimum absolute atomic E-state index is 0.160. The van der Waals surface area contributed by atoms with Crippen molar-refractivity contribution >= 4 is 29.1 Å². The van der Waals surface area contributed by atoms with E-state index in [-0.39, 0.29) is 5.78 Å². The van der Waals surface area contributed by atoms with E-state index in [9.17, 15) is 4.79 Å². The summed E-state index contributed by atoms with van der Waals surface area (Å²) in [6.45, 7) is 7.89. The number of benzene rings is 1. The number of rotatable bonds is 4. The maximum Gasteiger partial charge on any atom is 0.173 e. The fourth-order valence-corrected chi connectivity index (χ4v) is 3.67. The van der Waals surface area contributed by atoms with E-state index in [2.05, 4.69) is 21.5 Å². The molecule has 1 aromatic heterocycles. The molecule has 0 aliphatic rings. The predicted molar refractivity (Wildman–Crippen MR) is 80.4 cm³/mol. The van der Waals surface area contributed by atoms with Crippen molar-refractivity contribution in [1.82, 2.24) is 9.36 Å². The number of carbonyl (C=O) groups excluding carboxylic acids is 1. The van der Waals surface area contributed by atoms with Gasteiger partial charge in [-0.05, 0) is 50.4 Å². The highest BCUT2D eigenvalue weighted by Gasteiger charge is 2.14. The van der Waals surface area contributed by atoms with Crippen molar-refractivity contribution in [3.63, 3.8) is 0 Å². The quantitative estimate of drug-likeness (QED) is 0.636. The average Bonchev–Trinajstić information content (AvgIpc) is 2.71. The highest BCUT2D eigenvalue weighted by molar-refractivity contribution is 8.01. The van der Waals surface area contributed by atoms with Crippen LogP contribution in [0.5, 0.6) is 0 Å². The van der Waals surface area contributed by atoms with Crippen molar-refractivity contribution in [3.8, 4) is 0 Å². The number of hydrogen-bond donors (Lipinski definition) is 0. The van der Waals surface area contributed by atoms with E-state index in [1.54, 1.807) is 0 Å². The summed E-state index contributed by atoms with van der Waals surface area (Å²) in [6.07, 6.45) is 0. The van der Waals surface area contributed by atoms with Gasteiger partial charge in [0.1, 0.15) is 5.82 Å². The molecule has 0 spiro atoms. The first-order chi connectivity index (χ1) is 8.97.